The van der Waals surface area contributed by atoms with Crippen molar-refractivity contribution in [3.8, 4) is 0 Å². The van der Waals surface area contributed by atoms with Crippen molar-refractivity contribution in [2.75, 3.05) is 13.1 Å². The average Bonchev–Trinajstić information content (AvgIpc) is 3.19. The van der Waals surface area contributed by atoms with E-state index in [-0.39, 0.29) is 5.82 Å². The Kier molecular flexibility index (Phi) is 4.07. The molecule has 24 heavy (non-hydrogen) atoms. The van der Waals surface area contributed by atoms with Crippen LogP contribution in [-0.4, -0.2) is 27.4 Å². The second-order valence-electron chi connectivity index (χ2n) is 6.86. The van der Waals surface area contributed by atoms with E-state index in [1.165, 1.54) is 17.7 Å². The fourth-order valence-corrected chi connectivity index (χ4v) is 3.72. The van der Waals surface area contributed by atoms with Gasteiger partial charge in [-0.2, -0.15) is 0 Å². The normalized spacial score (nSPS) is 18.5. The molecule has 1 unspecified atom stereocenters. The zero-order valence-electron chi connectivity index (χ0n) is 14.0. The number of aryl methyl sites for hydroxylation is 1. The Morgan fingerprint density at radius 2 is 2.17 bits per heavy atom. The van der Waals surface area contributed by atoms with E-state index in [2.05, 4.69) is 20.5 Å². The number of pyridine rings is 1. The molecular formula is C20H22FN3. The summed E-state index contributed by atoms with van der Waals surface area (Å²) in [6.45, 7) is 4.98. The van der Waals surface area contributed by atoms with Crippen molar-refractivity contribution in [2.45, 2.75) is 26.3 Å². The van der Waals surface area contributed by atoms with Crippen LogP contribution in [0.2, 0.25) is 0 Å². The number of halogens is 1. The Morgan fingerprint density at radius 1 is 1.25 bits per heavy atom. The number of likely N-dealkylation sites (tertiary alicyclic amines) is 1. The van der Waals surface area contributed by atoms with Gasteiger partial charge in [-0.15, -0.1) is 0 Å². The largest absolute Gasteiger partial charge is 0.303 e. The smallest absolute Gasteiger partial charge is 0.136 e. The highest BCUT2D eigenvalue weighted by Crippen LogP contribution is 2.23. The molecule has 0 aliphatic carbocycles. The van der Waals surface area contributed by atoms with Crippen LogP contribution in [0, 0.1) is 18.7 Å². The maximum absolute atomic E-state index is 13.4. The molecule has 0 amide bonds. The first-order chi connectivity index (χ1) is 11.7. The average molecular weight is 323 g/mol. The standard InChI is InChI=1S/C20H22FN3/c1-15-10-16(5-6-19(15)21)11-17-7-9-23(13-17)14-18-12-22-20-4-2-3-8-24(18)20/h2-6,8,10,12,17H,7,9,11,13-14H2,1H3. The molecule has 0 saturated carbocycles. The summed E-state index contributed by atoms with van der Waals surface area (Å²) >= 11 is 0. The van der Waals surface area contributed by atoms with E-state index in [1.807, 2.05) is 43.5 Å². The summed E-state index contributed by atoms with van der Waals surface area (Å²) in [6.07, 6.45) is 6.29. The monoisotopic (exact) mass is 323 g/mol. The minimum absolute atomic E-state index is 0.112. The van der Waals surface area contributed by atoms with Gasteiger partial charge in [0.1, 0.15) is 11.5 Å². The highest BCUT2D eigenvalue weighted by molar-refractivity contribution is 5.39. The molecule has 1 aliphatic heterocycles. The molecule has 4 rings (SSSR count). The Morgan fingerprint density at radius 3 is 3.04 bits per heavy atom. The minimum atomic E-state index is -0.112. The lowest BCUT2D eigenvalue weighted by atomic mass is 9.97. The molecule has 2 aromatic heterocycles. The van der Waals surface area contributed by atoms with Crippen molar-refractivity contribution in [1.82, 2.24) is 14.3 Å². The molecule has 0 radical (unpaired) electrons. The maximum Gasteiger partial charge on any atom is 0.136 e. The molecule has 0 N–H and O–H groups in total. The highest BCUT2D eigenvalue weighted by Gasteiger charge is 2.23. The Labute approximate surface area is 141 Å². The third-order valence-electron chi connectivity index (χ3n) is 5.00. The van der Waals surface area contributed by atoms with Crippen molar-refractivity contribution in [3.05, 3.63) is 71.4 Å². The lowest BCUT2D eigenvalue weighted by Crippen LogP contribution is -2.21. The van der Waals surface area contributed by atoms with E-state index in [9.17, 15) is 4.39 Å². The topological polar surface area (TPSA) is 20.5 Å². The van der Waals surface area contributed by atoms with Gasteiger partial charge >= 0.3 is 0 Å². The molecule has 1 aliphatic rings. The van der Waals surface area contributed by atoms with E-state index in [1.54, 1.807) is 6.07 Å². The summed E-state index contributed by atoms with van der Waals surface area (Å²) in [5.74, 6) is 0.536. The molecule has 3 nitrogen and oxygen atoms in total. The predicted octanol–water partition coefficient (Wildman–Crippen LogP) is 3.85. The van der Waals surface area contributed by atoms with Crippen molar-refractivity contribution in [2.24, 2.45) is 5.92 Å². The fraction of sp³-hybridized carbons (Fsp3) is 0.350. The van der Waals surface area contributed by atoms with E-state index in [4.69, 9.17) is 0 Å². The molecule has 1 saturated heterocycles. The third-order valence-corrected chi connectivity index (χ3v) is 5.00. The van der Waals surface area contributed by atoms with Gasteiger partial charge in [-0.3, -0.25) is 4.90 Å². The van der Waals surface area contributed by atoms with Gasteiger partial charge in [0.2, 0.25) is 0 Å². The van der Waals surface area contributed by atoms with Crippen LogP contribution in [-0.2, 0) is 13.0 Å². The Balaban J connectivity index is 1.40. The third kappa shape index (κ3) is 3.06. The fourth-order valence-electron chi connectivity index (χ4n) is 3.72. The molecule has 4 heteroatoms. The quantitative estimate of drug-likeness (QED) is 0.727. The molecule has 1 fully saturated rings. The van der Waals surface area contributed by atoms with Crippen LogP contribution in [0.3, 0.4) is 0 Å². The Hall–Kier alpha value is -2.20. The summed E-state index contributed by atoms with van der Waals surface area (Å²) in [7, 11) is 0. The van der Waals surface area contributed by atoms with Gasteiger partial charge in [0.25, 0.3) is 0 Å². The molecule has 1 aromatic carbocycles. The summed E-state index contributed by atoms with van der Waals surface area (Å²) in [5.41, 5.74) is 4.23. The van der Waals surface area contributed by atoms with Crippen molar-refractivity contribution in [3.63, 3.8) is 0 Å². The first-order valence-electron chi connectivity index (χ1n) is 8.57. The molecule has 3 aromatic rings. The molecule has 3 heterocycles. The number of rotatable bonds is 4. The lowest BCUT2D eigenvalue weighted by Gasteiger charge is -2.16. The minimum Gasteiger partial charge on any atom is -0.303 e. The first kappa shape index (κ1) is 15.3. The summed E-state index contributed by atoms with van der Waals surface area (Å²) < 4.78 is 15.6. The van der Waals surface area contributed by atoms with Gasteiger partial charge < -0.3 is 4.40 Å². The summed E-state index contributed by atoms with van der Waals surface area (Å²) in [6, 6.07) is 11.6. The van der Waals surface area contributed by atoms with Gasteiger partial charge in [-0.05, 0) is 61.6 Å². The zero-order chi connectivity index (χ0) is 16.5. The van der Waals surface area contributed by atoms with Crippen LogP contribution >= 0.6 is 0 Å². The predicted molar refractivity (Wildman–Crippen MR) is 93.4 cm³/mol. The second-order valence-corrected chi connectivity index (χ2v) is 6.86. The van der Waals surface area contributed by atoms with Crippen molar-refractivity contribution < 1.29 is 4.39 Å². The number of hydrogen-bond donors (Lipinski definition) is 0. The molecule has 124 valence electrons. The zero-order valence-corrected chi connectivity index (χ0v) is 14.0. The number of nitrogens with zero attached hydrogens (tertiary/aromatic N) is 3. The summed E-state index contributed by atoms with van der Waals surface area (Å²) in [4.78, 5) is 6.96. The van der Waals surface area contributed by atoms with Crippen LogP contribution < -0.4 is 0 Å². The van der Waals surface area contributed by atoms with Gasteiger partial charge in [0, 0.05) is 19.3 Å². The van der Waals surface area contributed by atoms with Crippen LogP contribution in [0.1, 0.15) is 23.2 Å². The second kappa shape index (κ2) is 6.36. The number of imidazole rings is 1. The van der Waals surface area contributed by atoms with E-state index < -0.39 is 0 Å². The Bertz CT molecular complexity index is 855. The number of hydrogen-bond acceptors (Lipinski definition) is 2. The van der Waals surface area contributed by atoms with Crippen LogP contribution in [0.5, 0.6) is 0 Å². The first-order valence-corrected chi connectivity index (χ1v) is 8.57. The van der Waals surface area contributed by atoms with Gasteiger partial charge in [-0.1, -0.05) is 18.2 Å². The molecule has 0 bridgehead atoms. The highest BCUT2D eigenvalue weighted by atomic mass is 19.1. The molecule has 0 spiro atoms. The van der Waals surface area contributed by atoms with Gasteiger partial charge in [0.15, 0.2) is 0 Å². The number of aromatic nitrogens is 2. The van der Waals surface area contributed by atoms with E-state index in [0.29, 0.717) is 5.92 Å². The van der Waals surface area contributed by atoms with Crippen molar-refractivity contribution >= 4 is 5.65 Å². The van der Waals surface area contributed by atoms with Crippen molar-refractivity contribution in [1.29, 1.82) is 0 Å². The maximum atomic E-state index is 13.4. The van der Waals surface area contributed by atoms with Crippen LogP contribution in [0.25, 0.3) is 5.65 Å². The number of fused-ring (bicyclic) bond motifs is 1. The SMILES string of the molecule is Cc1cc(CC2CCN(Cc3cnc4ccccn34)C2)ccc1F. The number of benzene rings is 1. The van der Waals surface area contributed by atoms with Gasteiger partial charge in [-0.25, -0.2) is 9.37 Å². The van der Waals surface area contributed by atoms with E-state index in [0.717, 1.165) is 37.3 Å². The van der Waals surface area contributed by atoms with Gasteiger partial charge in [0.05, 0.1) is 11.9 Å². The van der Waals surface area contributed by atoms with E-state index >= 15 is 0 Å². The summed E-state index contributed by atoms with van der Waals surface area (Å²) in [5, 5.41) is 0. The van der Waals surface area contributed by atoms with Crippen LogP contribution in [0.15, 0.2) is 48.8 Å². The molecular weight excluding hydrogens is 301 g/mol. The molecule has 1 atom stereocenters. The van der Waals surface area contributed by atoms with Crippen LogP contribution in [0.4, 0.5) is 4.39 Å². The lowest BCUT2D eigenvalue weighted by molar-refractivity contribution is 0.311.